The van der Waals surface area contributed by atoms with Crippen LogP contribution in [0.3, 0.4) is 0 Å². The van der Waals surface area contributed by atoms with Gasteiger partial charge in [0, 0.05) is 43.8 Å². The number of hydrogen-bond donors (Lipinski definition) is 2. The van der Waals surface area contributed by atoms with E-state index in [2.05, 4.69) is 34.8 Å². The Morgan fingerprint density at radius 1 is 1.30 bits per heavy atom. The Balaban J connectivity index is 1.58. The molecule has 0 spiro atoms. The van der Waals surface area contributed by atoms with Crippen molar-refractivity contribution in [2.75, 3.05) is 18.8 Å². The maximum Gasteiger partial charge on any atom is 0.175 e. The van der Waals surface area contributed by atoms with E-state index in [1.807, 2.05) is 6.07 Å². The van der Waals surface area contributed by atoms with Crippen LogP contribution in [-0.4, -0.2) is 34.6 Å². The molecule has 4 nitrogen and oxygen atoms in total. The summed E-state index contributed by atoms with van der Waals surface area (Å²) in [6.45, 7) is 6.74. The van der Waals surface area contributed by atoms with Crippen molar-refractivity contribution in [1.82, 2.24) is 9.88 Å². The first-order valence-electron chi connectivity index (χ1n) is 10.2. The number of piperidine rings is 1. The van der Waals surface area contributed by atoms with Crippen LogP contribution in [-0.2, 0) is 0 Å². The van der Waals surface area contributed by atoms with E-state index < -0.39 is 28.2 Å². The first kappa shape index (κ1) is 19.9. The van der Waals surface area contributed by atoms with Crippen molar-refractivity contribution in [2.24, 2.45) is 4.99 Å². The summed E-state index contributed by atoms with van der Waals surface area (Å²) in [5, 5.41) is 1.07. The van der Waals surface area contributed by atoms with Crippen molar-refractivity contribution >= 4 is 49.4 Å². The van der Waals surface area contributed by atoms with Gasteiger partial charge < -0.3 is 10.6 Å². The number of nitrogens with zero attached hydrogens (tertiary/aromatic N) is 3. The number of anilines is 1. The second kappa shape index (κ2) is 7.59. The van der Waals surface area contributed by atoms with E-state index in [1.165, 1.54) is 23.8 Å². The Morgan fingerprint density at radius 2 is 2.13 bits per heavy atom. The van der Waals surface area contributed by atoms with E-state index in [4.69, 9.17) is 5.73 Å². The molecular formula is C22H24F2N4S2. The normalized spacial score (nSPS) is 25.1. The van der Waals surface area contributed by atoms with Crippen LogP contribution >= 0.6 is 22.2 Å². The van der Waals surface area contributed by atoms with Gasteiger partial charge in [-0.2, -0.15) is 10.9 Å². The maximum absolute atomic E-state index is 14.4. The molecule has 0 saturated carbocycles. The Morgan fingerprint density at radius 3 is 2.93 bits per heavy atom. The molecule has 3 atom stereocenters. The standard InChI is InChI=1S/C22H24F2N4S2/c1-3-28-8-4-5-13(12(28)2)16-9-14-17(6-7-26-22(14)29-16)30-11-27-21-18(30)10-15(23)20(25)19(21)24/h6-7,9-13,30H,3-5,8,25H2,1-2H3/t12-,13-/m1/s1. The molecule has 8 heteroatoms. The van der Waals surface area contributed by atoms with Gasteiger partial charge in [0.2, 0.25) is 0 Å². The summed E-state index contributed by atoms with van der Waals surface area (Å²) in [6.07, 6.45) is 4.16. The lowest BCUT2D eigenvalue weighted by Crippen LogP contribution is -2.41. The molecule has 3 aromatic rings. The molecule has 1 fully saturated rings. The summed E-state index contributed by atoms with van der Waals surface area (Å²) in [5.41, 5.74) is 6.97. The van der Waals surface area contributed by atoms with Crippen molar-refractivity contribution in [3.8, 4) is 0 Å². The van der Waals surface area contributed by atoms with Crippen LogP contribution in [0.25, 0.3) is 10.2 Å². The van der Waals surface area contributed by atoms with Gasteiger partial charge in [-0.1, -0.05) is 6.92 Å². The highest BCUT2D eigenvalue weighted by molar-refractivity contribution is 8.29. The molecule has 30 heavy (non-hydrogen) atoms. The number of fused-ring (bicyclic) bond motifs is 2. The molecule has 0 aliphatic carbocycles. The number of halogens is 2. The third kappa shape index (κ3) is 3.04. The zero-order chi connectivity index (χ0) is 21.0. The highest BCUT2D eigenvalue weighted by Crippen LogP contribution is 2.55. The Labute approximate surface area is 181 Å². The van der Waals surface area contributed by atoms with E-state index >= 15 is 0 Å². The topological polar surface area (TPSA) is 54.5 Å². The van der Waals surface area contributed by atoms with Crippen molar-refractivity contribution in [1.29, 1.82) is 0 Å². The fraction of sp³-hybridized carbons (Fsp3) is 0.364. The van der Waals surface area contributed by atoms with Gasteiger partial charge >= 0.3 is 0 Å². The number of hydrogen-bond acceptors (Lipinski definition) is 5. The summed E-state index contributed by atoms with van der Waals surface area (Å²) in [7, 11) is -1.10. The highest BCUT2D eigenvalue weighted by Gasteiger charge is 2.31. The highest BCUT2D eigenvalue weighted by atomic mass is 32.2. The number of thiophene rings is 1. The lowest BCUT2D eigenvalue weighted by Gasteiger charge is -2.38. The number of thiol groups is 1. The molecule has 1 saturated heterocycles. The van der Waals surface area contributed by atoms with Crippen LogP contribution in [0.4, 0.5) is 20.2 Å². The number of rotatable bonds is 3. The van der Waals surface area contributed by atoms with Crippen LogP contribution in [0.15, 0.2) is 39.2 Å². The number of aliphatic imine (C=N–C) groups is 1. The van der Waals surface area contributed by atoms with Crippen LogP contribution < -0.4 is 5.73 Å². The van der Waals surface area contributed by atoms with E-state index in [1.54, 1.807) is 23.1 Å². The minimum Gasteiger partial charge on any atom is -0.394 e. The molecule has 0 radical (unpaired) electrons. The number of aromatic nitrogens is 1. The molecule has 1 aromatic carbocycles. The Bertz CT molecular complexity index is 1160. The molecule has 158 valence electrons. The molecule has 1 unspecified atom stereocenters. The molecule has 2 aromatic heterocycles. The number of likely N-dealkylation sites (tertiary alicyclic amines) is 1. The predicted molar refractivity (Wildman–Crippen MR) is 123 cm³/mol. The van der Waals surface area contributed by atoms with Gasteiger partial charge in [-0.05, 0) is 51.1 Å². The largest absolute Gasteiger partial charge is 0.394 e. The summed E-state index contributed by atoms with van der Waals surface area (Å²) >= 11 is 1.74. The van der Waals surface area contributed by atoms with Gasteiger partial charge in [-0.15, -0.1) is 11.3 Å². The second-order valence-electron chi connectivity index (χ2n) is 7.88. The van der Waals surface area contributed by atoms with Crippen molar-refractivity contribution in [3.63, 3.8) is 0 Å². The average Bonchev–Trinajstić information content (AvgIpc) is 3.36. The van der Waals surface area contributed by atoms with E-state index in [0.29, 0.717) is 16.9 Å². The zero-order valence-corrected chi connectivity index (χ0v) is 18.6. The third-order valence-electron chi connectivity index (χ3n) is 6.35. The first-order valence-corrected chi connectivity index (χ1v) is 12.5. The van der Waals surface area contributed by atoms with Gasteiger partial charge in [0.1, 0.15) is 22.0 Å². The van der Waals surface area contributed by atoms with Crippen LogP contribution in [0.2, 0.25) is 0 Å². The molecule has 0 amide bonds. The minimum absolute atomic E-state index is 0.167. The molecule has 0 bridgehead atoms. The van der Waals surface area contributed by atoms with Crippen molar-refractivity contribution in [2.45, 2.75) is 48.4 Å². The van der Waals surface area contributed by atoms with E-state index in [-0.39, 0.29) is 5.69 Å². The van der Waals surface area contributed by atoms with Gasteiger partial charge in [-0.3, -0.25) is 0 Å². The van der Waals surface area contributed by atoms with E-state index in [9.17, 15) is 8.78 Å². The minimum atomic E-state index is -1.10. The van der Waals surface area contributed by atoms with E-state index in [0.717, 1.165) is 28.2 Å². The maximum atomic E-state index is 14.4. The lowest BCUT2D eigenvalue weighted by atomic mass is 9.89. The van der Waals surface area contributed by atoms with Crippen LogP contribution in [0, 0.1) is 11.6 Å². The number of likely N-dealkylation sites (N-methyl/N-ethyl adjacent to an activating group) is 1. The number of nitrogen functional groups attached to an aromatic ring is 1. The van der Waals surface area contributed by atoms with Gasteiger partial charge in [0.15, 0.2) is 5.82 Å². The molecule has 2 aliphatic heterocycles. The summed E-state index contributed by atoms with van der Waals surface area (Å²) in [5.74, 6) is -1.01. The average molecular weight is 447 g/mol. The quantitative estimate of drug-likeness (QED) is 0.393. The molecule has 5 rings (SSSR count). The van der Waals surface area contributed by atoms with Crippen LogP contribution in [0.5, 0.6) is 0 Å². The Kier molecular flexibility index (Phi) is 5.03. The van der Waals surface area contributed by atoms with Gasteiger partial charge in [0.25, 0.3) is 0 Å². The smallest absolute Gasteiger partial charge is 0.175 e. The SMILES string of the molecule is CCN1CCC[C@@H](c2cc3c([SH]4C=Nc5c4cc(F)c(N)c5F)ccnc3s2)[C@H]1C. The third-order valence-corrected chi connectivity index (χ3v) is 9.64. The zero-order valence-electron chi connectivity index (χ0n) is 16.9. The lowest BCUT2D eigenvalue weighted by molar-refractivity contribution is 0.148. The summed E-state index contributed by atoms with van der Waals surface area (Å²) in [6, 6.07) is 6.04. The molecule has 2 aliphatic rings. The first-order chi connectivity index (χ1) is 14.5. The Hall–Kier alpha value is -2.03. The summed E-state index contributed by atoms with van der Waals surface area (Å²) < 4.78 is 28.6. The molecule has 4 heterocycles. The summed E-state index contributed by atoms with van der Waals surface area (Å²) in [4.78, 5) is 15.3. The molecule has 2 N–H and O–H groups in total. The fourth-order valence-electron chi connectivity index (χ4n) is 4.66. The van der Waals surface area contributed by atoms with Crippen LogP contribution in [0.1, 0.15) is 37.5 Å². The van der Waals surface area contributed by atoms with Gasteiger partial charge in [0.05, 0.1) is 0 Å². The number of nitrogens with two attached hydrogens (primary N) is 1. The molecular weight excluding hydrogens is 422 g/mol. The van der Waals surface area contributed by atoms with Crippen molar-refractivity contribution < 1.29 is 8.78 Å². The van der Waals surface area contributed by atoms with Gasteiger partial charge in [-0.25, -0.2) is 18.8 Å². The number of benzene rings is 1. The predicted octanol–water partition coefficient (Wildman–Crippen LogP) is 5.84. The van der Waals surface area contributed by atoms with Crippen molar-refractivity contribution in [3.05, 3.63) is 40.9 Å². The fourth-order valence-corrected chi connectivity index (χ4v) is 8.03. The monoisotopic (exact) mass is 446 g/mol. The number of pyridine rings is 1. The second-order valence-corrected chi connectivity index (χ2v) is 10.9.